The smallest absolute Gasteiger partial charge is 0.228 e. The summed E-state index contributed by atoms with van der Waals surface area (Å²) >= 11 is 6.22. The maximum atomic E-state index is 14.1. The third kappa shape index (κ3) is 4.58. The van der Waals surface area contributed by atoms with Crippen LogP contribution in [0.15, 0.2) is 0 Å². The molecule has 0 aromatic heterocycles. The Morgan fingerprint density at radius 1 is 1.07 bits per heavy atom. The Morgan fingerprint density at radius 3 is 2.59 bits per heavy atom. The summed E-state index contributed by atoms with van der Waals surface area (Å²) in [5.74, 6) is 0.444. The van der Waals surface area contributed by atoms with Gasteiger partial charge in [0.05, 0.1) is 17.6 Å². The molecule has 4 fully saturated rings. The average Bonchev–Trinajstić information content (AvgIpc) is 3.18. The molecule has 3 heterocycles. The van der Waals surface area contributed by atoms with E-state index < -0.39 is 12.1 Å². The molecule has 4 aliphatic rings. The minimum absolute atomic E-state index is 0.00690. The highest BCUT2D eigenvalue weighted by atomic mass is 35.5. The number of hydrogen-bond acceptors (Lipinski definition) is 5. The van der Waals surface area contributed by atoms with Crippen molar-refractivity contribution in [3.05, 3.63) is 0 Å². The van der Waals surface area contributed by atoms with Gasteiger partial charge in [-0.15, -0.1) is 11.6 Å². The van der Waals surface area contributed by atoms with Crippen LogP contribution in [-0.2, 0) is 9.63 Å². The molecule has 3 saturated heterocycles. The summed E-state index contributed by atoms with van der Waals surface area (Å²) in [7, 11) is 0. The van der Waals surface area contributed by atoms with Crippen LogP contribution in [0.1, 0.15) is 51.4 Å². The highest BCUT2D eigenvalue weighted by Crippen LogP contribution is 2.31. The molecule has 8 heteroatoms. The Hall–Kier alpha value is -0.470. The minimum Gasteiger partial charge on any atom is -0.342 e. The lowest BCUT2D eigenvalue weighted by Crippen LogP contribution is -2.50. The monoisotopic (exact) mass is 402 g/mol. The Balaban J connectivity index is 1.24. The molecule has 6 nitrogen and oxygen atoms in total. The number of piperidine rings is 2. The fraction of sp³-hybridized carbons (Fsp3) is 0.947. The number of hydrogen-bond donors (Lipinski definition) is 3. The van der Waals surface area contributed by atoms with Crippen molar-refractivity contribution in [1.82, 2.24) is 21.0 Å². The lowest BCUT2D eigenvalue weighted by molar-refractivity contribution is -0.140. The van der Waals surface area contributed by atoms with Crippen LogP contribution >= 0.6 is 11.6 Å². The summed E-state index contributed by atoms with van der Waals surface area (Å²) in [4.78, 5) is 20.4. The first kappa shape index (κ1) is 19.8. The molecule has 3 N–H and O–H groups in total. The van der Waals surface area contributed by atoms with Crippen LogP contribution in [0, 0.1) is 17.8 Å². The maximum absolute atomic E-state index is 14.1. The third-order valence-electron chi connectivity index (χ3n) is 6.81. The van der Waals surface area contributed by atoms with Gasteiger partial charge in [-0.3, -0.25) is 14.9 Å². The molecule has 0 bridgehead atoms. The van der Waals surface area contributed by atoms with E-state index in [1.54, 1.807) is 0 Å². The van der Waals surface area contributed by atoms with Gasteiger partial charge >= 0.3 is 0 Å². The van der Waals surface area contributed by atoms with Crippen LogP contribution in [0.2, 0.25) is 0 Å². The van der Waals surface area contributed by atoms with Crippen molar-refractivity contribution in [3.8, 4) is 0 Å². The fourth-order valence-corrected chi connectivity index (χ4v) is 5.41. The quantitative estimate of drug-likeness (QED) is 0.498. The van der Waals surface area contributed by atoms with E-state index in [0.717, 1.165) is 45.1 Å². The molecule has 154 valence electrons. The van der Waals surface area contributed by atoms with Crippen LogP contribution in [0.25, 0.3) is 0 Å². The van der Waals surface area contributed by atoms with E-state index in [2.05, 4.69) is 16.1 Å². The van der Waals surface area contributed by atoms with Gasteiger partial charge in [-0.1, -0.05) is 12.8 Å². The summed E-state index contributed by atoms with van der Waals surface area (Å²) in [5, 5.41) is 6.84. The second-order valence-electron chi connectivity index (χ2n) is 8.58. The van der Waals surface area contributed by atoms with Crippen molar-refractivity contribution in [2.75, 3.05) is 19.6 Å². The van der Waals surface area contributed by atoms with Gasteiger partial charge in [-0.25, -0.2) is 4.39 Å². The highest BCUT2D eigenvalue weighted by molar-refractivity contribution is 6.20. The molecule has 27 heavy (non-hydrogen) atoms. The van der Waals surface area contributed by atoms with Gasteiger partial charge in [-0.05, 0) is 51.0 Å². The summed E-state index contributed by atoms with van der Waals surface area (Å²) in [6.45, 7) is 2.35. The molecule has 0 spiro atoms. The van der Waals surface area contributed by atoms with Gasteiger partial charge in [-0.2, -0.15) is 5.48 Å². The van der Waals surface area contributed by atoms with Crippen LogP contribution in [0.4, 0.5) is 4.39 Å². The van der Waals surface area contributed by atoms with Gasteiger partial charge in [0.15, 0.2) is 0 Å². The summed E-state index contributed by atoms with van der Waals surface area (Å²) < 4.78 is 14.1. The zero-order valence-corrected chi connectivity index (χ0v) is 16.6. The number of rotatable bonds is 3. The predicted octanol–water partition coefficient (Wildman–Crippen LogP) is 2.09. The Kier molecular flexibility index (Phi) is 6.54. The largest absolute Gasteiger partial charge is 0.342 e. The number of hydroxylamine groups is 1. The Bertz CT molecular complexity index is 520. The number of alkyl halides is 2. The SMILES string of the molecule is O=C(C1CCCCC1F)N1CCC(C2NOC(C3CCNC(Cl)C3)N2)CC1. The molecule has 1 saturated carbocycles. The van der Waals surface area contributed by atoms with Gasteiger partial charge in [0.2, 0.25) is 5.91 Å². The number of likely N-dealkylation sites (tertiary alicyclic amines) is 1. The van der Waals surface area contributed by atoms with E-state index in [1.807, 2.05) is 4.90 Å². The van der Waals surface area contributed by atoms with Crippen molar-refractivity contribution in [3.63, 3.8) is 0 Å². The molecule has 0 aromatic rings. The van der Waals surface area contributed by atoms with E-state index >= 15 is 0 Å². The average molecular weight is 403 g/mol. The van der Waals surface area contributed by atoms with Crippen LogP contribution in [0.3, 0.4) is 0 Å². The van der Waals surface area contributed by atoms with Crippen molar-refractivity contribution >= 4 is 17.5 Å². The maximum Gasteiger partial charge on any atom is 0.228 e. The zero-order valence-electron chi connectivity index (χ0n) is 15.8. The molecule has 1 aliphatic carbocycles. The molecule has 6 unspecified atom stereocenters. The topological polar surface area (TPSA) is 65.6 Å². The van der Waals surface area contributed by atoms with Gasteiger partial charge in [0.1, 0.15) is 12.4 Å². The van der Waals surface area contributed by atoms with Gasteiger partial charge in [0, 0.05) is 19.0 Å². The number of halogens is 2. The number of nitrogens with zero attached hydrogens (tertiary/aromatic N) is 1. The molecule has 1 amide bonds. The summed E-state index contributed by atoms with van der Waals surface area (Å²) in [5.41, 5.74) is 3.18. The van der Waals surface area contributed by atoms with Crippen molar-refractivity contribution in [2.24, 2.45) is 17.8 Å². The first-order valence-electron chi connectivity index (χ1n) is 10.6. The first-order valence-corrected chi connectivity index (χ1v) is 11.0. The second-order valence-corrected chi connectivity index (χ2v) is 9.10. The van der Waals surface area contributed by atoms with Crippen LogP contribution < -0.4 is 16.1 Å². The molecular weight excluding hydrogens is 371 g/mol. The van der Waals surface area contributed by atoms with Crippen molar-refractivity contribution in [2.45, 2.75) is 75.4 Å². The van der Waals surface area contributed by atoms with E-state index in [0.29, 0.717) is 37.8 Å². The van der Waals surface area contributed by atoms with Crippen LogP contribution in [0.5, 0.6) is 0 Å². The Morgan fingerprint density at radius 2 is 1.85 bits per heavy atom. The van der Waals surface area contributed by atoms with Crippen molar-refractivity contribution in [1.29, 1.82) is 0 Å². The van der Waals surface area contributed by atoms with Crippen LogP contribution in [-0.4, -0.2) is 54.5 Å². The lowest BCUT2D eigenvalue weighted by Gasteiger charge is -2.37. The molecule has 3 aliphatic heterocycles. The summed E-state index contributed by atoms with van der Waals surface area (Å²) in [6.07, 6.45) is 6.07. The van der Waals surface area contributed by atoms with Crippen molar-refractivity contribution < 1.29 is 14.0 Å². The molecular formula is C19H32ClFN4O2. The minimum atomic E-state index is -0.952. The van der Waals surface area contributed by atoms with E-state index in [1.165, 1.54) is 0 Å². The molecule has 0 radical (unpaired) electrons. The number of carbonyl (C=O) groups excluding carboxylic acids is 1. The zero-order chi connectivity index (χ0) is 18.8. The number of amides is 1. The second kappa shape index (κ2) is 8.91. The van der Waals surface area contributed by atoms with E-state index in [4.69, 9.17) is 16.4 Å². The van der Waals surface area contributed by atoms with E-state index in [9.17, 15) is 9.18 Å². The van der Waals surface area contributed by atoms with Gasteiger partial charge in [0.25, 0.3) is 0 Å². The molecule has 6 atom stereocenters. The summed E-state index contributed by atoms with van der Waals surface area (Å²) in [6, 6.07) is 0. The molecule has 4 rings (SSSR count). The predicted molar refractivity (Wildman–Crippen MR) is 101 cm³/mol. The fourth-order valence-electron chi connectivity index (χ4n) is 5.08. The number of nitrogens with one attached hydrogen (secondary N) is 3. The molecule has 0 aromatic carbocycles. The van der Waals surface area contributed by atoms with E-state index in [-0.39, 0.29) is 23.8 Å². The number of carbonyl (C=O) groups is 1. The lowest BCUT2D eigenvalue weighted by atomic mass is 9.85. The Labute approximate surface area is 165 Å². The first-order chi connectivity index (χ1) is 13.1. The standard InChI is InChI=1S/C19H32ClFN4O2/c20-16-11-13(5-8-22-16)18-23-17(24-27-18)12-6-9-25(10-7-12)19(26)14-3-1-2-4-15(14)21/h12-18,22-24H,1-11H2. The highest BCUT2D eigenvalue weighted by Gasteiger charge is 2.40. The van der Waals surface area contributed by atoms with Gasteiger partial charge < -0.3 is 10.2 Å². The third-order valence-corrected chi connectivity index (χ3v) is 7.14. The normalized spacial score (nSPS) is 41.6.